The Labute approximate surface area is 94.0 Å². The molecule has 3 nitrogen and oxygen atoms in total. The van der Waals surface area contributed by atoms with E-state index in [0.717, 1.165) is 6.92 Å². The van der Waals surface area contributed by atoms with Crippen LogP contribution < -0.4 is 0 Å². The molecular weight excluding hydrogens is 180 g/mol. The summed E-state index contributed by atoms with van der Waals surface area (Å²) in [5.74, 6) is -12.5. The van der Waals surface area contributed by atoms with E-state index in [1.165, 1.54) is 0 Å². The fourth-order valence-corrected chi connectivity index (χ4v) is 1.68. The Morgan fingerprint density at radius 3 is 2.36 bits per heavy atom. The average Bonchev–Trinajstić information content (AvgIpc) is 2.37. The van der Waals surface area contributed by atoms with Crippen molar-refractivity contribution in [2.45, 2.75) is 19.7 Å². The molecule has 1 N–H and O–H groups in total. The molecule has 1 saturated carbocycles. The van der Waals surface area contributed by atoms with Crippen LogP contribution in [0.2, 0.25) is 0 Å². The van der Waals surface area contributed by atoms with Crippen molar-refractivity contribution in [2.75, 3.05) is 0 Å². The highest BCUT2D eigenvalue weighted by Crippen LogP contribution is 2.45. The number of ketones is 1. The molecule has 0 spiro atoms. The largest absolute Gasteiger partial charge is 0.481 e. The lowest BCUT2D eigenvalue weighted by atomic mass is 9.61. The predicted octanol–water partition coefficient (Wildman–Crippen LogP) is 1.49. The van der Waals surface area contributed by atoms with Crippen molar-refractivity contribution >= 4 is 11.8 Å². The average molecular weight is 202 g/mol. The molecule has 14 heavy (non-hydrogen) atoms. The van der Waals surface area contributed by atoms with Crippen LogP contribution in [-0.2, 0) is 9.59 Å². The molecule has 0 saturated heterocycles. The summed E-state index contributed by atoms with van der Waals surface area (Å²) in [6, 6.07) is -2.08. The smallest absolute Gasteiger partial charge is 0.307 e. The zero-order chi connectivity index (χ0) is 17.5. The minimum atomic E-state index is -3.22. The first-order valence-electron chi connectivity index (χ1n) is 8.12. The molecule has 2 bridgehead atoms. The van der Waals surface area contributed by atoms with E-state index in [9.17, 15) is 14.7 Å². The molecule has 1 fully saturated rings. The number of hydrogen-bond donors (Lipinski definition) is 1. The molecule has 3 aliphatic carbocycles. The van der Waals surface area contributed by atoms with Crippen LogP contribution in [0.3, 0.4) is 0 Å². The van der Waals surface area contributed by atoms with Gasteiger partial charge in [0.15, 0.2) is 0 Å². The summed E-state index contributed by atoms with van der Waals surface area (Å²) in [5.41, 5.74) is 0. The molecule has 3 rings (SSSR count). The van der Waals surface area contributed by atoms with Gasteiger partial charge in [0.05, 0.1) is 8.66 Å². The number of carbonyl (C=O) groups is 2. The third-order valence-electron chi connectivity index (χ3n) is 2.32. The van der Waals surface area contributed by atoms with Gasteiger partial charge in [-0.2, -0.15) is 0 Å². The summed E-state index contributed by atoms with van der Waals surface area (Å²) < 4.78 is 63.6. The van der Waals surface area contributed by atoms with Crippen molar-refractivity contribution in [3.05, 3.63) is 12.1 Å². The van der Waals surface area contributed by atoms with Gasteiger partial charge in [0.2, 0.25) is 0 Å². The van der Waals surface area contributed by atoms with Gasteiger partial charge in [0, 0.05) is 14.1 Å². The third-order valence-corrected chi connectivity index (χ3v) is 2.32. The Bertz CT molecular complexity index is 562. The number of fused-ring (bicyclic) bond motifs is 2. The molecule has 4 atom stereocenters. The van der Waals surface area contributed by atoms with E-state index in [4.69, 9.17) is 11.0 Å². The van der Waals surface area contributed by atoms with E-state index in [0.29, 0.717) is 0 Å². The Morgan fingerprint density at radius 1 is 1.43 bits per heavy atom. The van der Waals surface area contributed by atoms with Crippen molar-refractivity contribution < 1.29 is 25.7 Å². The van der Waals surface area contributed by atoms with E-state index in [1.807, 2.05) is 0 Å². The monoisotopic (exact) mass is 202 g/mol. The lowest BCUT2D eigenvalue weighted by molar-refractivity contribution is -0.151. The number of allylic oxidation sites excluding steroid dienone is 2. The van der Waals surface area contributed by atoms with Crippen LogP contribution in [0.4, 0.5) is 0 Å². The van der Waals surface area contributed by atoms with E-state index in [-0.39, 0.29) is 0 Å². The molecule has 1 unspecified atom stereocenters. The second-order valence-electron chi connectivity index (χ2n) is 3.23. The maximum atomic E-state index is 11.9. The zero-order valence-corrected chi connectivity index (χ0v) is 7.42. The number of aliphatic carboxylic acids is 1. The normalized spacial score (nSPS) is 67.2. The molecule has 3 heteroatoms. The molecular formula is C11H14O3. The molecule has 0 aromatic heterocycles. The first kappa shape index (κ1) is 3.80. The van der Waals surface area contributed by atoms with Crippen molar-refractivity contribution in [2.24, 2.45) is 23.6 Å². The second kappa shape index (κ2) is 3.23. The van der Waals surface area contributed by atoms with Gasteiger partial charge in [-0.05, 0) is 31.5 Å². The van der Waals surface area contributed by atoms with E-state index >= 15 is 0 Å². The van der Waals surface area contributed by atoms with Crippen molar-refractivity contribution in [3.8, 4) is 0 Å². The molecule has 0 aromatic carbocycles. The van der Waals surface area contributed by atoms with Gasteiger partial charge < -0.3 is 5.11 Å². The van der Waals surface area contributed by atoms with Crippen LogP contribution in [0.5, 0.6) is 0 Å². The van der Waals surface area contributed by atoms with E-state index in [2.05, 4.69) is 0 Å². The molecule has 3 aliphatic rings. The first-order chi connectivity index (χ1) is 9.70. The maximum absolute atomic E-state index is 11.9. The maximum Gasteiger partial charge on any atom is 0.307 e. The van der Waals surface area contributed by atoms with Gasteiger partial charge in [-0.25, -0.2) is 0 Å². The van der Waals surface area contributed by atoms with Crippen LogP contribution in [0.15, 0.2) is 12.1 Å². The summed E-state index contributed by atoms with van der Waals surface area (Å²) >= 11 is 0. The second-order valence-corrected chi connectivity index (χ2v) is 3.23. The number of carboxylic acid groups (broad SMARTS) is 1. The minimum absolute atomic E-state index is 0.920. The first-order valence-corrected chi connectivity index (χ1v) is 4.12. The molecule has 0 radical (unpaired) electrons. The highest BCUT2D eigenvalue weighted by atomic mass is 16.4. The summed E-state index contributed by atoms with van der Waals surface area (Å²) in [7, 11) is 0. The SMILES string of the molecule is [2H]C1=C([2H])[C@]2([2H])[C@H](C(=O)O)[C@@H](C(C)=O)C1([2H])C([2H])([2H])C2([2H])[2H]. The fraction of sp³-hybridized carbons (Fsp3) is 0.636. The lowest BCUT2D eigenvalue weighted by Crippen LogP contribution is -2.44. The quantitative estimate of drug-likeness (QED) is 0.690. The van der Waals surface area contributed by atoms with Crippen LogP contribution >= 0.6 is 0 Å². The third kappa shape index (κ3) is 1.27. The van der Waals surface area contributed by atoms with Crippen molar-refractivity contribution in [3.63, 3.8) is 0 Å². The number of Topliss-reactive ketones (excluding diaryl/α,β-unsaturated/α-hetero) is 1. The Morgan fingerprint density at radius 2 is 1.93 bits per heavy atom. The van der Waals surface area contributed by atoms with Crippen molar-refractivity contribution in [1.82, 2.24) is 0 Å². The van der Waals surface area contributed by atoms with Crippen LogP contribution in [0.1, 0.15) is 30.6 Å². The summed E-state index contributed by atoms with van der Waals surface area (Å²) in [5, 5.41) is 9.35. The summed E-state index contributed by atoms with van der Waals surface area (Å²) in [4.78, 5) is 23.4. The van der Waals surface area contributed by atoms with Gasteiger partial charge in [-0.15, -0.1) is 0 Å². The number of carbonyl (C=O) groups excluding carboxylic acids is 1. The predicted molar refractivity (Wildman–Crippen MR) is 50.7 cm³/mol. The van der Waals surface area contributed by atoms with Gasteiger partial charge >= 0.3 is 5.97 Å². The fourth-order valence-electron chi connectivity index (χ4n) is 1.68. The Kier molecular flexibility index (Phi) is 0.875. The van der Waals surface area contributed by atoms with Gasteiger partial charge in [-0.3, -0.25) is 9.59 Å². The van der Waals surface area contributed by atoms with Crippen LogP contribution in [-0.4, -0.2) is 16.9 Å². The minimum Gasteiger partial charge on any atom is -0.481 e. The molecule has 0 heterocycles. The zero-order valence-electron chi connectivity index (χ0n) is 15.4. The lowest BCUT2D eigenvalue weighted by Gasteiger charge is -2.41. The topological polar surface area (TPSA) is 54.4 Å². The molecule has 0 aliphatic heterocycles. The number of rotatable bonds is 2. The highest BCUT2D eigenvalue weighted by Gasteiger charge is 2.46. The van der Waals surface area contributed by atoms with E-state index < -0.39 is 60.2 Å². The molecule has 0 aromatic rings. The van der Waals surface area contributed by atoms with E-state index in [1.54, 1.807) is 0 Å². The highest BCUT2D eigenvalue weighted by molar-refractivity contribution is 5.86. The standard InChI is InChI=1S/C11H14O3/c1-6(12)9-7-2-4-8(5-3-7)10(9)11(13)14/h2,4,7-10H,3,5H2,1H3,(H,13,14)/t7?,8-,9-,10-/m0/s1/i2D,3D2,4D,5D2,7D,8D. The molecule has 0 amide bonds. The van der Waals surface area contributed by atoms with Gasteiger partial charge in [-0.1, -0.05) is 12.1 Å². The Hall–Kier alpha value is -1.12. The van der Waals surface area contributed by atoms with Gasteiger partial charge in [0.25, 0.3) is 0 Å². The van der Waals surface area contributed by atoms with Crippen LogP contribution in [0, 0.1) is 23.6 Å². The van der Waals surface area contributed by atoms with Gasteiger partial charge in [0.1, 0.15) is 5.78 Å². The van der Waals surface area contributed by atoms with Crippen LogP contribution in [0.25, 0.3) is 0 Å². The Balaban J connectivity index is 3.00. The number of hydrogen-bond acceptors (Lipinski definition) is 2. The van der Waals surface area contributed by atoms with Crippen molar-refractivity contribution in [1.29, 1.82) is 0 Å². The molecule has 76 valence electrons. The summed E-state index contributed by atoms with van der Waals surface area (Å²) in [6.07, 6.45) is -6.40. The summed E-state index contributed by atoms with van der Waals surface area (Å²) in [6.45, 7) is 0.920. The number of carboxylic acids is 1.